The fraction of sp³-hybridized carbons (Fsp3) is 0.440. The van der Waals surface area contributed by atoms with E-state index in [1.807, 2.05) is 31.3 Å². The third-order valence-corrected chi connectivity index (χ3v) is 6.44. The molecule has 1 saturated heterocycles. The average Bonchev–Trinajstić information content (AvgIpc) is 2.78. The zero-order valence-electron chi connectivity index (χ0n) is 18.7. The van der Waals surface area contributed by atoms with E-state index in [2.05, 4.69) is 46.6 Å². The van der Waals surface area contributed by atoms with Gasteiger partial charge in [-0.25, -0.2) is 4.98 Å². The normalized spacial score (nSPS) is 19.6. The summed E-state index contributed by atoms with van der Waals surface area (Å²) in [5, 5.41) is 15.0. The smallest absolute Gasteiger partial charge is 0.219 e. The zero-order chi connectivity index (χ0) is 21.8. The van der Waals surface area contributed by atoms with E-state index < -0.39 is 0 Å². The molecule has 2 aliphatic rings. The summed E-state index contributed by atoms with van der Waals surface area (Å²) in [6.45, 7) is 6.28. The Morgan fingerprint density at radius 2 is 2.03 bits per heavy atom. The maximum Gasteiger partial charge on any atom is 0.219 e. The molecule has 0 bridgehead atoms. The summed E-state index contributed by atoms with van der Waals surface area (Å²) in [5.74, 6) is 1.41. The van der Waals surface area contributed by atoms with Gasteiger partial charge in [0.15, 0.2) is 0 Å². The molecule has 0 amide bonds. The molecular weight excluding hydrogens is 386 g/mol. The summed E-state index contributed by atoms with van der Waals surface area (Å²) in [5.41, 5.74) is 5.06. The van der Waals surface area contributed by atoms with Gasteiger partial charge < -0.3 is 25.7 Å². The van der Waals surface area contributed by atoms with E-state index in [1.165, 1.54) is 17.5 Å². The maximum atomic E-state index is 8.11. The van der Waals surface area contributed by atoms with Crippen LogP contribution in [0.15, 0.2) is 36.5 Å². The van der Waals surface area contributed by atoms with E-state index in [4.69, 9.17) is 10.1 Å². The van der Waals surface area contributed by atoms with Gasteiger partial charge in [0.25, 0.3) is 0 Å². The Labute approximate surface area is 185 Å². The van der Waals surface area contributed by atoms with E-state index in [1.54, 1.807) is 0 Å². The number of pyridine rings is 1. The van der Waals surface area contributed by atoms with Crippen LogP contribution in [0.25, 0.3) is 5.57 Å². The molecule has 1 aromatic carbocycles. The van der Waals surface area contributed by atoms with Crippen molar-refractivity contribution in [3.63, 3.8) is 0 Å². The highest BCUT2D eigenvalue weighted by atomic mass is 16.5. The van der Waals surface area contributed by atoms with Crippen molar-refractivity contribution >= 4 is 17.5 Å². The number of hydrogen-bond acceptors (Lipinski definition) is 6. The van der Waals surface area contributed by atoms with Gasteiger partial charge in [0.1, 0.15) is 5.75 Å². The van der Waals surface area contributed by atoms with Crippen LogP contribution < -0.4 is 20.3 Å². The lowest BCUT2D eigenvalue weighted by atomic mass is 9.92. The van der Waals surface area contributed by atoms with Crippen molar-refractivity contribution in [2.45, 2.75) is 51.6 Å². The fourth-order valence-corrected chi connectivity index (χ4v) is 4.39. The van der Waals surface area contributed by atoms with Crippen LogP contribution in [-0.2, 0) is 6.42 Å². The molecule has 4 rings (SSSR count). The summed E-state index contributed by atoms with van der Waals surface area (Å²) in [6, 6.07) is 11.0. The van der Waals surface area contributed by atoms with Gasteiger partial charge in [-0.05, 0) is 70.8 Å². The summed E-state index contributed by atoms with van der Waals surface area (Å²) in [4.78, 5) is 6.88. The average molecular weight is 420 g/mol. The molecule has 1 unspecified atom stereocenters. The lowest BCUT2D eigenvalue weighted by Crippen LogP contribution is -2.37. The Hall–Kier alpha value is -2.86. The Morgan fingerprint density at radius 3 is 2.77 bits per heavy atom. The molecule has 0 aliphatic carbocycles. The standard InChI is InChI=1S/C25H33N5O/c1-17-5-4-6-24(29-17)31-25-21(9-10-23-22(25)8-7-18(2)30(23)3)19(15-26)16-28-20-11-13-27-14-12-20/h4-6,9-10,15-16,18,20,26-28H,7-8,11-14H2,1-3H3/b19-16+,26-15?. The first-order valence-corrected chi connectivity index (χ1v) is 11.2. The summed E-state index contributed by atoms with van der Waals surface area (Å²) in [6.07, 6.45) is 7.60. The highest BCUT2D eigenvalue weighted by Gasteiger charge is 2.26. The SMILES string of the molecule is Cc1cccc(Oc2c(/C(C=N)=C/NC3CCNCC3)ccc3c2CCC(C)N3C)n1. The van der Waals surface area contributed by atoms with Crippen LogP contribution in [0, 0.1) is 12.3 Å². The monoisotopic (exact) mass is 419 g/mol. The van der Waals surface area contributed by atoms with Crippen molar-refractivity contribution in [2.75, 3.05) is 25.0 Å². The molecule has 0 spiro atoms. The Balaban J connectivity index is 1.74. The molecule has 1 atom stereocenters. The predicted octanol–water partition coefficient (Wildman–Crippen LogP) is 4.29. The molecule has 6 heteroatoms. The minimum absolute atomic E-state index is 0.434. The largest absolute Gasteiger partial charge is 0.438 e. The molecule has 2 aliphatic heterocycles. The Bertz CT molecular complexity index is 964. The number of aromatic nitrogens is 1. The third-order valence-electron chi connectivity index (χ3n) is 6.44. The molecule has 3 heterocycles. The van der Waals surface area contributed by atoms with Crippen molar-refractivity contribution < 1.29 is 4.74 Å². The zero-order valence-corrected chi connectivity index (χ0v) is 18.7. The van der Waals surface area contributed by atoms with Crippen LogP contribution in [0.4, 0.5) is 5.69 Å². The first-order valence-electron chi connectivity index (χ1n) is 11.2. The highest BCUT2D eigenvalue weighted by Crippen LogP contribution is 2.42. The first-order chi connectivity index (χ1) is 15.1. The number of ether oxygens (including phenoxy) is 1. The second-order valence-electron chi connectivity index (χ2n) is 8.59. The first kappa shape index (κ1) is 21.4. The van der Waals surface area contributed by atoms with Gasteiger partial charge in [-0.1, -0.05) is 6.07 Å². The summed E-state index contributed by atoms with van der Waals surface area (Å²) in [7, 11) is 2.14. The van der Waals surface area contributed by atoms with Crippen LogP contribution >= 0.6 is 0 Å². The second kappa shape index (κ2) is 9.52. The molecule has 31 heavy (non-hydrogen) atoms. The quantitative estimate of drug-likeness (QED) is 0.610. The van der Waals surface area contributed by atoms with Crippen LogP contribution in [0.2, 0.25) is 0 Å². The fourth-order valence-electron chi connectivity index (χ4n) is 4.39. The molecule has 0 saturated carbocycles. The number of piperidine rings is 1. The van der Waals surface area contributed by atoms with Crippen molar-refractivity contribution in [1.82, 2.24) is 15.6 Å². The molecule has 164 valence electrons. The lowest BCUT2D eigenvalue weighted by Gasteiger charge is -2.35. The van der Waals surface area contributed by atoms with Crippen molar-refractivity contribution in [3.05, 3.63) is 53.4 Å². The third kappa shape index (κ3) is 4.74. The van der Waals surface area contributed by atoms with Gasteiger partial charge in [0.2, 0.25) is 5.88 Å². The van der Waals surface area contributed by atoms with Crippen LogP contribution in [0.5, 0.6) is 11.6 Å². The number of anilines is 1. The topological polar surface area (TPSA) is 73.3 Å². The molecule has 6 nitrogen and oxygen atoms in total. The van der Waals surface area contributed by atoms with Gasteiger partial charge in [-0.3, -0.25) is 0 Å². The van der Waals surface area contributed by atoms with Crippen LogP contribution in [-0.4, -0.2) is 43.4 Å². The minimum Gasteiger partial charge on any atom is -0.438 e. The molecular formula is C25H33N5O. The van der Waals surface area contributed by atoms with E-state index in [9.17, 15) is 0 Å². The number of hydrogen-bond donors (Lipinski definition) is 3. The van der Waals surface area contributed by atoms with E-state index in [0.29, 0.717) is 18.0 Å². The van der Waals surface area contributed by atoms with Gasteiger partial charge >= 0.3 is 0 Å². The number of rotatable bonds is 6. The summed E-state index contributed by atoms with van der Waals surface area (Å²) >= 11 is 0. The molecule has 0 radical (unpaired) electrons. The highest BCUT2D eigenvalue weighted by molar-refractivity contribution is 6.09. The minimum atomic E-state index is 0.434. The number of aryl methyl sites for hydroxylation is 1. The second-order valence-corrected chi connectivity index (χ2v) is 8.59. The number of nitrogens with one attached hydrogen (secondary N) is 3. The van der Waals surface area contributed by atoms with E-state index in [-0.39, 0.29) is 0 Å². The van der Waals surface area contributed by atoms with Crippen LogP contribution in [0.1, 0.15) is 43.0 Å². The molecule has 1 aromatic heterocycles. The van der Waals surface area contributed by atoms with Crippen molar-refractivity contribution in [2.24, 2.45) is 0 Å². The van der Waals surface area contributed by atoms with Crippen LogP contribution in [0.3, 0.4) is 0 Å². The van der Waals surface area contributed by atoms with Crippen molar-refractivity contribution in [1.29, 1.82) is 5.41 Å². The van der Waals surface area contributed by atoms with Gasteiger partial charge in [-0.15, -0.1) is 0 Å². The van der Waals surface area contributed by atoms with Gasteiger partial charge in [0, 0.05) is 65.7 Å². The lowest BCUT2D eigenvalue weighted by molar-refractivity contribution is 0.420. The van der Waals surface area contributed by atoms with Gasteiger partial charge in [0.05, 0.1) is 0 Å². The number of allylic oxidation sites excluding steroid dienone is 1. The van der Waals surface area contributed by atoms with E-state index in [0.717, 1.165) is 61.4 Å². The molecule has 3 N–H and O–H groups in total. The Kier molecular flexibility index (Phi) is 6.56. The number of fused-ring (bicyclic) bond motifs is 1. The molecule has 2 aromatic rings. The predicted molar refractivity (Wildman–Crippen MR) is 127 cm³/mol. The summed E-state index contributed by atoms with van der Waals surface area (Å²) < 4.78 is 6.43. The number of nitrogens with zero attached hydrogens (tertiary/aromatic N) is 2. The number of benzene rings is 1. The van der Waals surface area contributed by atoms with Crippen molar-refractivity contribution in [3.8, 4) is 11.6 Å². The molecule has 1 fully saturated rings. The Morgan fingerprint density at radius 1 is 1.23 bits per heavy atom. The van der Waals surface area contributed by atoms with E-state index >= 15 is 0 Å². The van der Waals surface area contributed by atoms with Gasteiger partial charge in [-0.2, -0.15) is 0 Å². The maximum absolute atomic E-state index is 8.11.